The van der Waals surface area contributed by atoms with Crippen molar-refractivity contribution in [3.8, 4) is 0 Å². The normalized spacial score (nSPS) is 12.2. The molecule has 0 bridgehead atoms. The van der Waals surface area contributed by atoms with Crippen molar-refractivity contribution in [2.24, 2.45) is 0 Å². The molecule has 18 heavy (non-hydrogen) atoms. The maximum atomic E-state index is 6.15. The standard InChI is InChI=1S/C15H15Cl2N/c1-2-14(11-7-9-12(16)10-8-11)18-15-6-4-3-5-13(15)17/h3-10,14,18H,2H2,1H3. The van der Waals surface area contributed by atoms with Crippen LogP contribution in [0, 0.1) is 0 Å². The Kier molecular flexibility index (Phi) is 4.51. The number of halogens is 2. The van der Waals surface area contributed by atoms with Crippen molar-refractivity contribution in [1.29, 1.82) is 0 Å². The number of rotatable bonds is 4. The molecule has 0 saturated carbocycles. The van der Waals surface area contributed by atoms with E-state index in [1.807, 2.05) is 48.5 Å². The zero-order chi connectivity index (χ0) is 13.0. The van der Waals surface area contributed by atoms with E-state index in [4.69, 9.17) is 23.2 Å². The van der Waals surface area contributed by atoms with Crippen molar-refractivity contribution in [2.45, 2.75) is 19.4 Å². The summed E-state index contributed by atoms with van der Waals surface area (Å²) in [6.45, 7) is 2.14. The fourth-order valence-electron chi connectivity index (χ4n) is 1.88. The van der Waals surface area contributed by atoms with Crippen LogP contribution in [0.25, 0.3) is 0 Å². The Bertz CT molecular complexity index is 508. The van der Waals surface area contributed by atoms with Gasteiger partial charge in [0.1, 0.15) is 0 Å². The summed E-state index contributed by atoms with van der Waals surface area (Å²) in [5, 5.41) is 4.95. The molecule has 2 aromatic carbocycles. The molecule has 0 amide bonds. The molecule has 0 aromatic heterocycles. The fourth-order valence-corrected chi connectivity index (χ4v) is 2.20. The van der Waals surface area contributed by atoms with Gasteiger partial charge in [-0.05, 0) is 36.2 Å². The van der Waals surface area contributed by atoms with Crippen LogP contribution in [-0.2, 0) is 0 Å². The highest BCUT2D eigenvalue weighted by atomic mass is 35.5. The summed E-state index contributed by atoms with van der Waals surface area (Å²) in [4.78, 5) is 0. The van der Waals surface area contributed by atoms with E-state index in [2.05, 4.69) is 12.2 Å². The van der Waals surface area contributed by atoms with Gasteiger partial charge in [0.25, 0.3) is 0 Å². The van der Waals surface area contributed by atoms with Crippen LogP contribution in [0.2, 0.25) is 10.0 Å². The molecule has 0 heterocycles. The van der Waals surface area contributed by atoms with Gasteiger partial charge in [0, 0.05) is 5.02 Å². The molecule has 94 valence electrons. The molecular weight excluding hydrogens is 265 g/mol. The molecule has 2 rings (SSSR count). The molecule has 3 heteroatoms. The number of nitrogens with one attached hydrogen (secondary N) is 1. The largest absolute Gasteiger partial charge is 0.377 e. The van der Waals surface area contributed by atoms with Crippen LogP contribution in [0.3, 0.4) is 0 Å². The monoisotopic (exact) mass is 279 g/mol. The van der Waals surface area contributed by atoms with Crippen molar-refractivity contribution in [2.75, 3.05) is 5.32 Å². The Labute approximate surface area is 118 Å². The van der Waals surface area contributed by atoms with E-state index in [0.29, 0.717) is 0 Å². The molecule has 0 aliphatic heterocycles. The molecule has 0 radical (unpaired) electrons. The van der Waals surface area contributed by atoms with Gasteiger partial charge >= 0.3 is 0 Å². The van der Waals surface area contributed by atoms with Gasteiger partial charge in [0.15, 0.2) is 0 Å². The summed E-state index contributed by atoms with van der Waals surface area (Å²) in [7, 11) is 0. The second-order valence-corrected chi connectivity index (χ2v) is 4.98. The van der Waals surface area contributed by atoms with Crippen LogP contribution in [0.5, 0.6) is 0 Å². The number of benzene rings is 2. The summed E-state index contributed by atoms with van der Waals surface area (Å²) in [5.74, 6) is 0. The number of para-hydroxylation sites is 1. The van der Waals surface area contributed by atoms with E-state index in [9.17, 15) is 0 Å². The number of anilines is 1. The van der Waals surface area contributed by atoms with Gasteiger partial charge in [-0.25, -0.2) is 0 Å². The predicted molar refractivity (Wildman–Crippen MR) is 79.6 cm³/mol. The lowest BCUT2D eigenvalue weighted by Gasteiger charge is -2.19. The topological polar surface area (TPSA) is 12.0 Å². The Balaban J connectivity index is 2.20. The van der Waals surface area contributed by atoms with Gasteiger partial charge in [-0.1, -0.05) is 54.4 Å². The molecule has 0 aliphatic carbocycles. The zero-order valence-corrected chi connectivity index (χ0v) is 11.7. The molecule has 0 aliphatic rings. The third kappa shape index (κ3) is 3.18. The highest BCUT2D eigenvalue weighted by Gasteiger charge is 2.10. The summed E-state index contributed by atoms with van der Waals surface area (Å²) in [6.07, 6.45) is 0.979. The molecule has 0 fully saturated rings. The van der Waals surface area contributed by atoms with Crippen LogP contribution in [-0.4, -0.2) is 0 Å². The highest BCUT2D eigenvalue weighted by Crippen LogP contribution is 2.28. The lowest BCUT2D eigenvalue weighted by molar-refractivity contribution is 0.749. The summed E-state index contributed by atoms with van der Waals surface area (Å²) < 4.78 is 0. The quantitative estimate of drug-likeness (QED) is 0.773. The number of hydrogen-bond acceptors (Lipinski definition) is 1. The molecule has 1 nitrogen and oxygen atoms in total. The van der Waals surface area contributed by atoms with Crippen molar-refractivity contribution in [1.82, 2.24) is 0 Å². The first kappa shape index (κ1) is 13.3. The third-order valence-electron chi connectivity index (χ3n) is 2.88. The summed E-state index contributed by atoms with van der Waals surface area (Å²) in [5.41, 5.74) is 2.17. The first-order chi connectivity index (χ1) is 8.70. The van der Waals surface area contributed by atoms with Gasteiger partial charge in [-0.3, -0.25) is 0 Å². The number of hydrogen-bond donors (Lipinski definition) is 1. The average molecular weight is 280 g/mol. The lowest BCUT2D eigenvalue weighted by Crippen LogP contribution is -2.09. The van der Waals surface area contributed by atoms with E-state index < -0.39 is 0 Å². The zero-order valence-electron chi connectivity index (χ0n) is 10.2. The third-order valence-corrected chi connectivity index (χ3v) is 3.47. The summed E-state index contributed by atoms with van der Waals surface area (Å²) in [6, 6.07) is 15.9. The predicted octanol–water partition coefficient (Wildman–Crippen LogP) is 5.56. The Morgan fingerprint density at radius 2 is 1.67 bits per heavy atom. The average Bonchev–Trinajstić information content (AvgIpc) is 2.39. The molecule has 2 aromatic rings. The maximum absolute atomic E-state index is 6.15. The molecule has 0 saturated heterocycles. The minimum atomic E-state index is 0.238. The van der Waals surface area contributed by atoms with Crippen molar-refractivity contribution < 1.29 is 0 Å². The second kappa shape index (κ2) is 6.12. The Morgan fingerprint density at radius 3 is 2.28 bits per heavy atom. The smallest absolute Gasteiger partial charge is 0.0637 e. The molecule has 0 spiro atoms. The first-order valence-electron chi connectivity index (χ1n) is 5.97. The molecule has 1 N–H and O–H groups in total. The van der Waals surface area contributed by atoms with Crippen LogP contribution >= 0.6 is 23.2 Å². The van der Waals surface area contributed by atoms with E-state index in [1.54, 1.807) is 0 Å². The van der Waals surface area contributed by atoms with Crippen molar-refractivity contribution in [3.63, 3.8) is 0 Å². The van der Waals surface area contributed by atoms with Crippen molar-refractivity contribution >= 4 is 28.9 Å². The van der Waals surface area contributed by atoms with Crippen LogP contribution in [0.15, 0.2) is 48.5 Å². The molecule has 1 atom stereocenters. The second-order valence-electron chi connectivity index (χ2n) is 4.14. The Hall–Kier alpha value is -1.18. The van der Waals surface area contributed by atoms with Crippen molar-refractivity contribution in [3.05, 3.63) is 64.1 Å². The van der Waals surface area contributed by atoms with Gasteiger partial charge in [0.05, 0.1) is 16.8 Å². The maximum Gasteiger partial charge on any atom is 0.0637 e. The van der Waals surface area contributed by atoms with E-state index in [-0.39, 0.29) is 6.04 Å². The lowest BCUT2D eigenvalue weighted by atomic mass is 10.0. The van der Waals surface area contributed by atoms with Gasteiger partial charge in [-0.2, -0.15) is 0 Å². The fraction of sp³-hybridized carbons (Fsp3) is 0.200. The van der Waals surface area contributed by atoms with Gasteiger partial charge in [0.2, 0.25) is 0 Å². The first-order valence-corrected chi connectivity index (χ1v) is 6.73. The van der Waals surface area contributed by atoms with E-state index in [1.165, 1.54) is 5.56 Å². The van der Waals surface area contributed by atoms with Crippen LogP contribution < -0.4 is 5.32 Å². The summed E-state index contributed by atoms with van der Waals surface area (Å²) >= 11 is 12.1. The van der Waals surface area contributed by atoms with E-state index >= 15 is 0 Å². The SMILES string of the molecule is CCC(Nc1ccccc1Cl)c1ccc(Cl)cc1. The van der Waals surface area contributed by atoms with Crippen LogP contribution in [0.1, 0.15) is 24.9 Å². The van der Waals surface area contributed by atoms with Gasteiger partial charge in [-0.15, -0.1) is 0 Å². The minimum absolute atomic E-state index is 0.238. The van der Waals surface area contributed by atoms with Gasteiger partial charge < -0.3 is 5.32 Å². The highest BCUT2D eigenvalue weighted by molar-refractivity contribution is 6.33. The molecule has 1 unspecified atom stereocenters. The Morgan fingerprint density at radius 1 is 1.00 bits per heavy atom. The van der Waals surface area contributed by atoms with Crippen LogP contribution in [0.4, 0.5) is 5.69 Å². The molecular formula is C15H15Cl2N. The minimum Gasteiger partial charge on any atom is -0.377 e. The van der Waals surface area contributed by atoms with E-state index in [0.717, 1.165) is 22.2 Å².